The molecule has 19 heavy (non-hydrogen) atoms. The third-order valence-corrected chi connectivity index (χ3v) is 4.23. The first-order chi connectivity index (χ1) is 9.06. The van der Waals surface area contributed by atoms with Crippen molar-refractivity contribution in [2.75, 3.05) is 0 Å². The molecule has 0 spiro atoms. The molecule has 2 aliphatic heterocycles. The van der Waals surface area contributed by atoms with E-state index in [2.05, 4.69) is 4.98 Å². The second kappa shape index (κ2) is 4.49. The monoisotopic (exact) mass is 262 g/mol. The number of nitrogens with zero attached hydrogens (tertiary/aromatic N) is 1. The lowest BCUT2D eigenvalue weighted by Gasteiger charge is -2.37. The molecule has 2 N–H and O–H groups in total. The highest BCUT2D eigenvalue weighted by Crippen LogP contribution is 2.36. The Morgan fingerprint density at radius 1 is 1.32 bits per heavy atom. The van der Waals surface area contributed by atoms with E-state index < -0.39 is 0 Å². The molecule has 1 amide bonds. The molecule has 0 radical (unpaired) electrons. The second-order valence-corrected chi connectivity index (χ2v) is 5.61. The average Bonchev–Trinajstić information content (AvgIpc) is 2.61. The molecule has 2 fully saturated rings. The van der Waals surface area contributed by atoms with Gasteiger partial charge in [0.15, 0.2) is 0 Å². The average molecular weight is 262 g/mol. The predicted octanol–water partition coefficient (Wildman–Crippen LogP) is 0.811. The van der Waals surface area contributed by atoms with Crippen LogP contribution in [0.25, 0.3) is 0 Å². The van der Waals surface area contributed by atoms with Crippen LogP contribution >= 0.6 is 0 Å². The number of rotatable bonds is 1. The van der Waals surface area contributed by atoms with Crippen LogP contribution in [0.4, 0.5) is 0 Å². The maximum Gasteiger partial charge on any atom is 0.260 e. The van der Waals surface area contributed by atoms with Gasteiger partial charge in [-0.25, -0.2) is 0 Å². The lowest BCUT2D eigenvalue weighted by molar-refractivity contribution is 0.0285. The summed E-state index contributed by atoms with van der Waals surface area (Å²) >= 11 is 0. The first-order valence-electron chi connectivity index (χ1n) is 6.77. The molecule has 5 nitrogen and oxygen atoms in total. The van der Waals surface area contributed by atoms with Gasteiger partial charge in [-0.1, -0.05) is 0 Å². The SMILES string of the molecule is Cc1ccc(C(=O)N2C3CCC2CC(O)C3)c(=O)[nH]1. The first-order valence-corrected chi connectivity index (χ1v) is 6.77. The maximum absolute atomic E-state index is 12.5. The zero-order valence-electron chi connectivity index (χ0n) is 10.9. The van der Waals surface area contributed by atoms with Crippen molar-refractivity contribution < 1.29 is 9.90 Å². The lowest BCUT2D eigenvalue weighted by Crippen LogP contribution is -2.49. The van der Waals surface area contributed by atoms with Crippen LogP contribution in [0.5, 0.6) is 0 Å². The summed E-state index contributed by atoms with van der Waals surface area (Å²) < 4.78 is 0. The van der Waals surface area contributed by atoms with Crippen LogP contribution in [-0.2, 0) is 0 Å². The summed E-state index contributed by atoms with van der Waals surface area (Å²) in [6, 6.07) is 3.51. The van der Waals surface area contributed by atoms with E-state index in [1.807, 2.05) is 4.90 Å². The van der Waals surface area contributed by atoms with Gasteiger partial charge in [-0.2, -0.15) is 0 Å². The molecule has 2 bridgehead atoms. The molecular weight excluding hydrogens is 244 g/mol. The zero-order valence-corrected chi connectivity index (χ0v) is 10.9. The highest BCUT2D eigenvalue weighted by molar-refractivity contribution is 5.94. The van der Waals surface area contributed by atoms with Crippen LogP contribution < -0.4 is 5.56 Å². The Morgan fingerprint density at radius 2 is 1.95 bits per heavy atom. The number of aryl methyl sites for hydroxylation is 1. The Morgan fingerprint density at radius 3 is 2.53 bits per heavy atom. The molecule has 0 aliphatic carbocycles. The Bertz CT molecular complexity index is 552. The molecule has 5 heteroatoms. The summed E-state index contributed by atoms with van der Waals surface area (Å²) in [7, 11) is 0. The van der Waals surface area contributed by atoms with E-state index in [1.54, 1.807) is 19.1 Å². The fraction of sp³-hybridized carbons (Fsp3) is 0.571. The number of piperidine rings is 1. The molecule has 2 atom stereocenters. The van der Waals surface area contributed by atoms with Gasteiger partial charge in [-0.15, -0.1) is 0 Å². The normalized spacial score (nSPS) is 29.6. The number of pyridine rings is 1. The molecule has 2 unspecified atom stereocenters. The summed E-state index contributed by atoms with van der Waals surface area (Å²) in [5, 5.41) is 9.75. The Balaban J connectivity index is 1.91. The Labute approximate surface area is 111 Å². The summed E-state index contributed by atoms with van der Waals surface area (Å²) in [5.74, 6) is -0.194. The van der Waals surface area contributed by atoms with Gasteiger partial charge < -0.3 is 15.0 Å². The van der Waals surface area contributed by atoms with Gasteiger partial charge in [0, 0.05) is 17.8 Å². The number of amides is 1. The van der Waals surface area contributed by atoms with E-state index in [1.165, 1.54) is 0 Å². The van der Waals surface area contributed by atoms with E-state index in [9.17, 15) is 14.7 Å². The molecule has 1 aromatic heterocycles. The standard InChI is InChI=1S/C14H18N2O3/c1-8-2-5-12(13(18)15-8)14(19)16-9-3-4-10(16)7-11(17)6-9/h2,5,9-11,17H,3-4,6-7H2,1H3,(H,15,18). The van der Waals surface area contributed by atoms with E-state index in [4.69, 9.17) is 0 Å². The Kier molecular flexibility index (Phi) is 2.93. The van der Waals surface area contributed by atoms with Gasteiger partial charge in [-0.05, 0) is 44.7 Å². The van der Waals surface area contributed by atoms with E-state index in [0.717, 1.165) is 18.5 Å². The highest BCUT2D eigenvalue weighted by atomic mass is 16.3. The highest BCUT2D eigenvalue weighted by Gasteiger charge is 2.43. The summed E-state index contributed by atoms with van der Waals surface area (Å²) in [5.41, 5.74) is 0.632. The number of fused-ring (bicyclic) bond motifs is 2. The molecule has 0 aromatic carbocycles. The number of hydrogen-bond acceptors (Lipinski definition) is 3. The van der Waals surface area contributed by atoms with Crippen molar-refractivity contribution in [1.29, 1.82) is 0 Å². The van der Waals surface area contributed by atoms with Gasteiger partial charge in [0.05, 0.1) is 6.10 Å². The summed E-state index contributed by atoms with van der Waals surface area (Å²) in [6.07, 6.45) is 2.81. The van der Waals surface area contributed by atoms with Crippen LogP contribution in [0.3, 0.4) is 0 Å². The minimum Gasteiger partial charge on any atom is -0.393 e. The van der Waals surface area contributed by atoms with Crippen LogP contribution in [-0.4, -0.2) is 39.1 Å². The number of nitrogens with one attached hydrogen (secondary N) is 1. The number of aromatic amines is 1. The van der Waals surface area contributed by atoms with Crippen molar-refractivity contribution in [3.05, 3.63) is 33.7 Å². The van der Waals surface area contributed by atoms with Crippen LogP contribution in [0.15, 0.2) is 16.9 Å². The fourth-order valence-electron chi connectivity index (χ4n) is 3.36. The van der Waals surface area contributed by atoms with Gasteiger partial charge in [-0.3, -0.25) is 9.59 Å². The van der Waals surface area contributed by atoms with Gasteiger partial charge in [0.2, 0.25) is 0 Å². The number of carbonyl (C=O) groups excluding carboxylic acids is 1. The molecular formula is C14H18N2O3. The van der Waals surface area contributed by atoms with Crippen LogP contribution in [0.1, 0.15) is 41.7 Å². The lowest BCUT2D eigenvalue weighted by atomic mass is 9.99. The molecule has 0 saturated carbocycles. The fourth-order valence-corrected chi connectivity index (χ4v) is 3.36. The molecule has 1 aromatic rings. The van der Waals surface area contributed by atoms with Gasteiger partial charge >= 0.3 is 0 Å². The third-order valence-electron chi connectivity index (χ3n) is 4.23. The zero-order chi connectivity index (χ0) is 13.6. The Hall–Kier alpha value is -1.62. The van der Waals surface area contributed by atoms with Crippen molar-refractivity contribution in [3.63, 3.8) is 0 Å². The van der Waals surface area contributed by atoms with Crippen LogP contribution in [0.2, 0.25) is 0 Å². The van der Waals surface area contributed by atoms with Crippen molar-refractivity contribution in [2.24, 2.45) is 0 Å². The third kappa shape index (κ3) is 2.08. The molecule has 3 rings (SSSR count). The quantitative estimate of drug-likeness (QED) is 0.786. The minimum atomic E-state index is -0.324. The van der Waals surface area contributed by atoms with E-state index in [0.29, 0.717) is 12.8 Å². The topological polar surface area (TPSA) is 73.4 Å². The minimum absolute atomic E-state index is 0.0851. The van der Waals surface area contributed by atoms with E-state index >= 15 is 0 Å². The van der Waals surface area contributed by atoms with Crippen molar-refractivity contribution in [2.45, 2.75) is 50.8 Å². The van der Waals surface area contributed by atoms with Crippen molar-refractivity contribution in [3.8, 4) is 0 Å². The molecule has 102 valence electrons. The van der Waals surface area contributed by atoms with Gasteiger partial charge in [0.1, 0.15) is 5.56 Å². The van der Waals surface area contributed by atoms with Gasteiger partial charge in [0.25, 0.3) is 11.5 Å². The van der Waals surface area contributed by atoms with Crippen molar-refractivity contribution in [1.82, 2.24) is 9.88 Å². The number of carbonyl (C=O) groups is 1. The number of hydrogen-bond donors (Lipinski definition) is 2. The summed E-state index contributed by atoms with van der Waals surface area (Å²) in [6.45, 7) is 1.79. The number of aromatic nitrogens is 1. The van der Waals surface area contributed by atoms with Crippen LogP contribution in [0, 0.1) is 6.92 Å². The molecule has 2 saturated heterocycles. The molecule has 2 aliphatic rings. The number of H-pyrrole nitrogens is 1. The largest absolute Gasteiger partial charge is 0.393 e. The van der Waals surface area contributed by atoms with E-state index in [-0.39, 0.29) is 35.2 Å². The molecule has 3 heterocycles. The second-order valence-electron chi connectivity index (χ2n) is 5.61. The number of aliphatic hydroxyl groups excluding tert-OH is 1. The predicted molar refractivity (Wildman–Crippen MR) is 70.0 cm³/mol. The summed E-state index contributed by atoms with van der Waals surface area (Å²) in [4.78, 5) is 28.9. The van der Waals surface area contributed by atoms with Crippen molar-refractivity contribution >= 4 is 5.91 Å². The smallest absolute Gasteiger partial charge is 0.260 e. The maximum atomic E-state index is 12.5. The number of aliphatic hydroxyl groups is 1. The first kappa shape index (κ1) is 12.4.